The molecule has 0 saturated carbocycles. The first-order valence-corrected chi connectivity index (χ1v) is 12.4. The Morgan fingerprint density at radius 1 is 0.921 bits per heavy atom. The zero-order chi connectivity index (χ0) is 27.3. The lowest BCUT2D eigenvalue weighted by atomic mass is 10.1. The van der Waals surface area contributed by atoms with Crippen LogP contribution in [0.4, 0.5) is 11.4 Å². The molecule has 9 nitrogen and oxygen atoms in total. The van der Waals surface area contributed by atoms with Crippen LogP contribution < -0.4 is 15.6 Å². The first-order valence-electron chi connectivity index (χ1n) is 12.4. The molecule has 0 saturated heterocycles. The lowest BCUT2D eigenvalue weighted by Crippen LogP contribution is -2.32. The molecule has 0 fully saturated rings. The van der Waals surface area contributed by atoms with Crippen LogP contribution in [0.2, 0.25) is 0 Å². The van der Waals surface area contributed by atoms with E-state index in [9.17, 15) is 19.7 Å². The number of carbonyl (C=O) groups is 2. The van der Waals surface area contributed by atoms with E-state index < -0.39 is 16.7 Å². The van der Waals surface area contributed by atoms with Crippen LogP contribution in [0.3, 0.4) is 0 Å². The molecule has 0 aliphatic heterocycles. The molecule has 9 heteroatoms. The number of nitrogens with one attached hydrogen (secondary N) is 2. The molecule has 0 unspecified atom stereocenters. The number of hydrogen-bond donors (Lipinski definition) is 2. The molecular weight excluding hydrogens is 482 g/mol. The minimum absolute atomic E-state index is 0.110. The van der Waals surface area contributed by atoms with E-state index in [-0.39, 0.29) is 11.4 Å². The number of hydrazone groups is 1. The van der Waals surface area contributed by atoms with Gasteiger partial charge < -0.3 is 10.2 Å². The first kappa shape index (κ1) is 27.8. The summed E-state index contributed by atoms with van der Waals surface area (Å²) < 4.78 is 0. The van der Waals surface area contributed by atoms with Gasteiger partial charge in [-0.2, -0.15) is 5.10 Å². The van der Waals surface area contributed by atoms with Crippen LogP contribution in [0, 0.1) is 10.1 Å². The van der Waals surface area contributed by atoms with Crippen molar-refractivity contribution in [1.82, 2.24) is 10.7 Å². The number of anilines is 1. The molecule has 3 rings (SSSR count). The topological polar surface area (TPSA) is 117 Å². The summed E-state index contributed by atoms with van der Waals surface area (Å²) in [5.41, 5.74) is 4.83. The summed E-state index contributed by atoms with van der Waals surface area (Å²) >= 11 is 0. The van der Waals surface area contributed by atoms with Crippen molar-refractivity contribution >= 4 is 35.5 Å². The fourth-order valence-corrected chi connectivity index (χ4v) is 3.74. The highest BCUT2D eigenvalue weighted by Gasteiger charge is 2.15. The van der Waals surface area contributed by atoms with Gasteiger partial charge in [-0.1, -0.05) is 56.3 Å². The lowest BCUT2D eigenvalue weighted by molar-refractivity contribution is -0.384. The van der Waals surface area contributed by atoms with Gasteiger partial charge in [0.2, 0.25) is 0 Å². The number of nitrogens with zero attached hydrogens (tertiary/aromatic N) is 3. The second kappa shape index (κ2) is 14.1. The van der Waals surface area contributed by atoms with E-state index in [2.05, 4.69) is 34.6 Å². The number of nitro groups is 1. The Morgan fingerprint density at radius 3 is 2.24 bits per heavy atom. The van der Waals surface area contributed by atoms with Gasteiger partial charge in [0.25, 0.3) is 17.5 Å². The highest BCUT2D eigenvalue weighted by atomic mass is 16.6. The lowest BCUT2D eigenvalue weighted by Gasteiger charge is -2.23. The van der Waals surface area contributed by atoms with Crippen LogP contribution in [-0.2, 0) is 4.79 Å². The van der Waals surface area contributed by atoms with Gasteiger partial charge in [0.15, 0.2) is 0 Å². The van der Waals surface area contributed by atoms with E-state index in [1.807, 2.05) is 24.3 Å². The smallest absolute Gasteiger partial charge is 0.287 e. The average Bonchev–Trinajstić information content (AvgIpc) is 2.93. The van der Waals surface area contributed by atoms with Crippen molar-refractivity contribution in [3.8, 4) is 0 Å². The largest absolute Gasteiger partial charge is 0.372 e. The van der Waals surface area contributed by atoms with Gasteiger partial charge in [-0.3, -0.25) is 19.7 Å². The molecule has 0 aromatic heterocycles. The van der Waals surface area contributed by atoms with Gasteiger partial charge in [-0.15, -0.1) is 0 Å². The maximum absolute atomic E-state index is 13.0. The third kappa shape index (κ3) is 8.12. The maximum atomic E-state index is 13.0. The summed E-state index contributed by atoms with van der Waals surface area (Å²) in [6, 6.07) is 22.0. The van der Waals surface area contributed by atoms with Gasteiger partial charge >= 0.3 is 0 Å². The third-order valence-electron chi connectivity index (χ3n) is 5.55. The normalized spacial score (nSPS) is 11.3. The highest BCUT2D eigenvalue weighted by Crippen LogP contribution is 2.17. The van der Waals surface area contributed by atoms with Crippen molar-refractivity contribution in [2.45, 2.75) is 26.7 Å². The molecule has 2 N–H and O–H groups in total. The van der Waals surface area contributed by atoms with Crippen LogP contribution in [0.15, 0.2) is 89.7 Å². The Labute approximate surface area is 222 Å². The molecule has 3 aromatic carbocycles. The Hall–Kier alpha value is -4.79. The Morgan fingerprint density at radius 2 is 1.61 bits per heavy atom. The number of non-ortho nitro benzene ring substituents is 1. The van der Waals surface area contributed by atoms with Crippen molar-refractivity contribution in [3.63, 3.8) is 0 Å². The van der Waals surface area contributed by atoms with E-state index in [4.69, 9.17) is 0 Å². The van der Waals surface area contributed by atoms with Crippen LogP contribution >= 0.6 is 0 Å². The summed E-state index contributed by atoms with van der Waals surface area (Å²) in [7, 11) is 0. The standard InChI is InChI=1S/C29H31N5O4/c1-3-17-33(18-4-2)25-15-13-22(14-16-25)21-30-32-29(36)27(31-28(35)24-10-6-5-7-11-24)20-23-9-8-12-26(19-23)34(37)38/h5-16,19-21H,3-4,17-18H2,1-2H3,(H,31,35)(H,32,36)/b27-20-,30-21+. The zero-order valence-electron chi connectivity index (χ0n) is 21.5. The third-order valence-corrected chi connectivity index (χ3v) is 5.55. The number of amides is 2. The summed E-state index contributed by atoms with van der Waals surface area (Å²) in [6.45, 7) is 6.25. The van der Waals surface area contributed by atoms with E-state index >= 15 is 0 Å². The highest BCUT2D eigenvalue weighted by molar-refractivity contribution is 6.05. The monoisotopic (exact) mass is 513 g/mol. The molecular formula is C29H31N5O4. The van der Waals surface area contributed by atoms with E-state index in [1.54, 1.807) is 36.4 Å². The predicted octanol–water partition coefficient (Wildman–Crippen LogP) is 5.14. The van der Waals surface area contributed by atoms with Gasteiger partial charge in [0.05, 0.1) is 11.1 Å². The van der Waals surface area contributed by atoms with Crippen LogP contribution in [0.5, 0.6) is 0 Å². The SMILES string of the molecule is CCCN(CCC)c1ccc(/C=N/NC(=O)/C(=C/c2cccc([N+](=O)[O-])c2)NC(=O)c2ccccc2)cc1. The molecule has 0 bridgehead atoms. The van der Waals surface area contributed by atoms with Gasteiger partial charge in [-0.25, -0.2) is 5.43 Å². The van der Waals surface area contributed by atoms with Gasteiger partial charge in [0.1, 0.15) is 5.70 Å². The number of rotatable bonds is 12. The number of carbonyl (C=O) groups excluding carboxylic acids is 2. The van der Waals surface area contributed by atoms with E-state index in [0.717, 1.165) is 37.2 Å². The Bertz CT molecular complexity index is 1300. The molecule has 3 aromatic rings. The zero-order valence-corrected chi connectivity index (χ0v) is 21.5. The summed E-state index contributed by atoms with van der Waals surface area (Å²) in [5, 5.41) is 17.8. The van der Waals surface area contributed by atoms with Crippen LogP contribution in [0.25, 0.3) is 6.08 Å². The van der Waals surface area contributed by atoms with E-state index in [1.165, 1.54) is 30.5 Å². The molecule has 0 spiro atoms. The summed E-state index contributed by atoms with van der Waals surface area (Å²) in [4.78, 5) is 38.6. The molecule has 0 heterocycles. The minimum atomic E-state index is -0.675. The summed E-state index contributed by atoms with van der Waals surface area (Å²) in [6.07, 6.45) is 4.99. The van der Waals surface area contributed by atoms with Crippen molar-refractivity contribution < 1.29 is 14.5 Å². The van der Waals surface area contributed by atoms with E-state index in [0.29, 0.717) is 11.1 Å². The second-order valence-corrected chi connectivity index (χ2v) is 8.51. The molecule has 38 heavy (non-hydrogen) atoms. The average molecular weight is 514 g/mol. The fourth-order valence-electron chi connectivity index (χ4n) is 3.74. The Balaban J connectivity index is 1.77. The Kier molecular flexibility index (Phi) is 10.3. The second-order valence-electron chi connectivity index (χ2n) is 8.51. The van der Waals surface area contributed by atoms with Gasteiger partial charge in [0, 0.05) is 36.5 Å². The van der Waals surface area contributed by atoms with Crippen LogP contribution in [0.1, 0.15) is 48.2 Å². The molecule has 0 aliphatic carbocycles. The number of nitro benzene ring substituents is 1. The molecule has 0 aliphatic rings. The van der Waals surface area contributed by atoms with Crippen molar-refractivity contribution in [1.29, 1.82) is 0 Å². The van der Waals surface area contributed by atoms with Crippen molar-refractivity contribution in [3.05, 3.63) is 111 Å². The fraction of sp³-hybridized carbons (Fsp3) is 0.207. The van der Waals surface area contributed by atoms with Crippen LogP contribution in [-0.4, -0.2) is 36.0 Å². The maximum Gasteiger partial charge on any atom is 0.287 e. The number of benzene rings is 3. The summed E-state index contributed by atoms with van der Waals surface area (Å²) in [5.74, 6) is -1.17. The first-order chi connectivity index (χ1) is 18.4. The quantitative estimate of drug-likeness (QED) is 0.150. The van der Waals surface area contributed by atoms with Crippen molar-refractivity contribution in [2.75, 3.05) is 18.0 Å². The van der Waals surface area contributed by atoms with Gasteiger partial charge in [-0.05, 0) is 54.3 Å². The number of hydrogen-bond acceptors (Lipinski definition) is 6. The predicted molar refractivity (Wildman–Crippen MR) is 150 cm³/mol. The molecule has 2 amide bonds. The minimum Gasteiger partial charge on any atom is -0.372 e. The van der Waals surface area contributed by atoms with Crippen molar-refractivity contribution in [2.24, 2.45) is 5.10 Å². The molecule has 0 radical (unpaired) electrons. The molecule has 196 valence electrons. The molecule has 0 atom stereocenters.